The molecular formula is C14H14N2O4. The zero-order valence-corrected chi connectivity index (χ0v) is 10.5. The minimum absolute atomic E-state index is 0.177. The maximum Gasteiger partial charge on any atom is 0.171 e. The van der Waals surface area contributed by atoms with E-state index in [4.69, 9.17) is 10.4 Å². The molecule has 2 aromatic carbocycles. The van der Waals surface area contributed by atoms with Gasteiger partial charge in [-0.05, 0) is 24.3 Å². The predicted molar refractivity (Wildman–Crippen MR) is 73.4 cm³/mol. The highest BCUT2D eigenvalue weighted by atomic mass is 16.8. The highest BCUT2D eigenvalue weighted by Gasteiger charge is 2.07. The first-order valence-corrected chi connectivity index (χ1v) is 5.92. The summed E-state index contributed by atoms with van der Waals surface area (Å²) in [5.74, 6) is 0. The molecule has 0 spiro atoms. The largest absolute Gasteiger partial charge is 0.595 e. The van der Waals surface area contributed by atoms with E-state index >= 15 is 0 Å². The molecule has 4 N–H and O–H groups in total. The fourth-order valence-electron chi connectivity index (χ4n) is 1.85. The van der Waals surface area contributed by atoms with Crippen LogP contribution < -0.4 is 10.5 Å². The molecule has 6 nitrogen and oxygen atoms in total. The van der Waals surface area contributed by atoms with E-state index in [1.165, 1.54) is 12.1 Å². The Labute approximate surface area is 115 Å². The molecule has 0 aliphatic rings. The molecule has 0 aliphatic carbocycles. The van der Waals surface area contributed by atoms with E-state index < -0.39 is 10.5 Å². The topological polar surface area (TPSA) is 95.5 Å². The summed E-state index contributed by atoms with van der Waals surface area (Å²) in [6.45, 7) is 0. The average Bonchev–Trinajstić information content (AvgIpc) is 2.45. The Morgan fingerprint density at radius 3 is 1.40 bits per heavy atom. The molecule has 0 saturated heterocycles. The zero-order chi connectivity index (χ0) is 14.5. The van der Waals surface area contributed by atoms with Gasteiger partial charge in [0.2, 0.25) is 0 Å². The normalized spacial score (nSPS) is 14.4. The minimum atomic E-state index is -1.02. The molecule has 20 heavy (non-hydrogen) atoms. The van der Waals surface area contributed by atoms with Crippen LogP contribution in [0.15, 0.2) is 48.5 Å². The lowest BCUT2D eigenvalue weighted by molar-refractivity contribution is -0.991. The molecule has 0 fully saturated rings. The fourth-order valence-corrected chi connectivity index (χ4v) is 1.85. The van der Waals surface area contributed by atoms with Crippen molar-refractivity contribution in [1.29, 1.82) is 0 Å². The van der Waals surface area contributed by atoms with Crippen LogP contribution in [0.4, 0.5) is 11.4 Å². The highest BCUT2D eigenvalue weighted by Crippen LogP contribution is 2.17. The number of benzene rings is 2. The summed E-state index contributed by atoms with van der Waals surface area (Å²) in [6, 6.07) is 13.1. The summed E-state index contributed by atoms with van der Waals surface area (Å²) in [4.78, 5) is 0. The van der Waals surface area contributed by atoms with E-state index in [0.717, 1.165) is 0 Å². The van der Waals surface area contributed by atoms with Crippen molar-refractivity contribution in [3.63, 3.8) is 0 Å². The summed E-state index contributed by atoms with van der Waals surface area (Å²) in [6.07, 6.45) is 3.20. The highest BCUT2D eigenvalue weighted by molar-refractivity contribution is 5.77. The van der Waals surface area contributed by atoms with Crippen LogP contribution in [0.3, 0.4) is 0 Å². The number of hydrogen-bond acceptors (Lipinski definition) is 4. The van der Waals surface area contributed by atoms with Gasteiger partial charge in [-0.2, -0.15) is 10.5 Å². The summed E-state index contributed by atoms with van der Waals surface area (Å²) in [7, 11) is 0. The Bertz CT molecular complexity index is 558. The lowest BCUT2D eigenvalue weighted by Gasteiger charge is -2.14. The minimum Gasteiger partial charge on any atom is -0.595 e. The average molecular weight is 274 g/mol. The third kappa shape index (κ3) is 3.28. The van der Waals surface area contributed by atoms with E-state index in [9.17, 15) is 10.4 Å². The number of para-hydroxylation sites is 2. The first-order chi connectivity index (χ1) is 9.59. The van der Waals surface area contributed by atoms with Crippen molar-refractivity contribution in [3.8, 4) is 0 Å². The van der Waals surface area contributed by atoms with Crippen molar-refractivity contribution >= 4 is 23.5 Å². The Morgan fingerprint density at radius 2 is 1.05 bits per heavy atom. The van der Waals surface area contributed by atoms with Crippen molar-refractivity contribution in [2.24, 2.45) is 0 Å². The van der Waals surface area contributed by atoms with E-state index in [-0.39, 0.29) is 11.4 Å². The Kier molecular flexibility index (Phi) is 4.59. The van der Waals surface area contributed by atoms with Gasteiger partial charge in [0.1, 0.15) is 0 Å². The van der Waals surface area contributed by atoms with Gasteiger partial charge < -0.3 is 10.4 Å². The van der Waals surface area contributed by atoms with E-state index in [2.05, 4.69) is 0 Å². The van der Waals surface area contributed by atoms with Crippen LogP contribution in [0.1, 0.15) is 11.1 Å². The summed E-state index contributed by atoms with van der Waals surface area (Å²) < 4.78 is 0. The van der Waals surface area contributed by atoms with Gasteiger partial charge >= 0.3 is 0 Å². The number of hydrogen-bond donors (Lipinski definition) is 4. The second-order valence-corrected chi connectivity index (χ2v) is 4.12. The van der Waals surface area contributed by atoms with Gasteiger partial charge in [-0.25, -0.2) is 10.4 Å². The molecule has 6 heteroatoms. The van der Waals surface area contributed by atoms with Crippen LogP contribution in [0, 0.1) is 10.4 Å². The molecule has 104 valence electrons. The van der Waals surface area contributed by atoms with Gasteiger partial charge in [-0.3, -0.25) is 0 Å². The van der Waals surface area contributed by atoms with Crippen LogP contribution in [-0.4, -0.2) is 10.4 Å². The third-order valence-corrected chi connectivity index (χ3v) is 2.82. The molecule has 0 saturated carbocycles. The Hall–Kier alpha value is -2.06. The van der Waals surface area contributed by atoms with Crippen molar-refractivity contribution in [1.82, 2.24) is 0 Å². The molecule has 2 aromatic rings. The quantitative estimate of drug-likeness (QED) is 0.486. The fraction of sp³-hybridized carbons (Fsp3) is 0. The number of rotatable bonds is 4. The standard InChI is InChI=1S/C14H14N2O4/c17-15(18)13-7-3-1-5-11(13)9-10-12-6-2-4-8-14(12)16(19)20/h1-10,15-17,19H. The lowest BCUT2D eigenvalue weighted by atomic mass is 10.1. The molecule has 0 radical (unpaired) electrons. The molecule has 0 heterocycles. The van der Waals surface area contributed by atoms with E-state index in [0.29, 0.717) is 11.1 Å². The predicted octanol–water partition coefficient (Wildman–Crippen LogP) is 0.664. The maximum atomic E-state index is 11.1. The van der Waals surface area contributed by atoms with Crippen molar-refractivity contribution in [3.05, 3.63) is 70.1 Å². The van der Waals surface area contributed by atoms with Crippen LogP contribution in [0.5, 0.6) is 0 Å². The molecule has 0 bridgehead atoms. The molecule has 2 unspecified atom stereocenters. The summed E-state index contributed by atoms with van der Waals surface area (Å²) in [5.41, 5.74) is 1.41. The van der Waals surface area contributed by atoms with Crippen LogP contribution >= 0.6 is 0 Å². The molecule has 2 atom stereocenters. The van der Waals surface area contributed by atoms with Crippen LogP contribution in [0.2, 0.25) is 0 Å². The van der Waals surface area contributed by atoms with Crippen molar-refractivity contribution in [2.45, 2.75) is 0 Å². The van der Waals surface area contributed by atoms with Crippen LogP contribution in [0.25, 0.3) is 12.2 Å². The lowest BCUT2D eigenvalue weighted by Crippen LogP contribution is -2.99. The van der Waals surface area contributed by atoms with E-state index in [1.54, 1.807) is 48.6 Å². The van der Waals surface area contributed by atoms with Gasteiger partial charge in [-0.15, -0.1) is 0 Å². The SMILES string of the molecule is [O-][NH+](O)c1ccccc1C=Cc1ccccc1[NH+]([O-])O. The second kappa shape index (κ2) is 6.40. The smallest absolute Gasteiger partial charge is 0.171 e. The zero-order valence-electron chi connectivity index (χ0n) is 10.5. The van der Waals surface area contributed by atoms with Gasteiger partial charge in [0.05, 0.1) is 0 Å². The monoisotopic (exact) mass is 274 g/mol. The first-order valence-electron chi connectivity index (χ1n) is 5.92. The maximum absolute atomic E-state index is 11.1. The molecular weight excluding hydrogens is 260 g/mol. The van der Waals surface area contributed by atoms with Gasteiger partial charge in [-0.1, -0.05) is 24.3 Å². The summed E-state index contributed by atoms with van der Waals surface area (Å²) in [5, 5.41) is 38.3. The van der Waals surface area contributed by atoms with Gasteiger partial charge in [0.15, 0.2) is 11.4 Å². The molecule has 0 amide bonds. The Morgan fingerprint density at radius 1 is 0.700 bits per heavy atom. The molecule has 0 aliphatic heterocycles. The Balaban J connectivity index is 2.35. The molecule has 2 rings (SSSR count). The van der Waals surface area contributed by atoms with Crippen molar-refractivity contribution in [2.75, 3.05) is 0 Å². The third-order valence-electron chi connectivity index (χ3n) is 2.82. The number of nitrogens with one attached hydrogen (secondary N) is 2. The molecule has 0 aromatic heterocycles. The van der Waals surface area contributed by atoms with Crippen LogP contribution in [-0.2, 0) is 0 Å². The first kappa shape index (κ1) is 14.4. The summed E-state index contributed by atoms with van der Waals surface area (Å²) >= 11 is 0. The van der Waals surface area contributed by atoms with E-state index in [1.807, 2.05) is 0 Å². The van der Waals surface area contributed by atoms with Gasteiger partial charge in [0.25, 0.3) is 0 Å². The van der Waals surface area contributed by atoms with Gasteiger partial charge in [0, 0.05) is 23.3 Å². The van der Waals surface area contributed by atoms with Crippen molar-refractivity contribution < 1.29 is 20.9 Å². The second-order valence-electron chi connectivity index (χ2n) is 4.12. The number of quaternary nitrogens is 2.